The van der Waals surface area contributed by atoms with E-state index in [0.717, 1.165) is 25.1 Å². The predicted octanol–water partition coefficient (Wildman–Crippen LogP) is 3.98. The van der Waals surface area contributed by atoms with Crippen molar-refractivity contribution < 1.29 is 10.0 Å². The quantitative estimate of drug-likeness (QED) is 0.367. The number of amides is 1. The predicted molar refractivity (Wildman–Crippen MR) is 111 cm³/mol. The molecule has 1 aromatic heterocycles. The molecule has 144 valence electrons. The molecule has 1 aliphatic heterocycles. The minimum Gasteiger partial charge on any atom is -0.357 e. The van der Waals surface area contributed by atoms with Crippen LogP contribution in [0.15, 0.2) is 54.6 Å². The van der Waals surface area contributed by atoms with E-state index in [4.69, 9.17) is 5.21 Å². The van der Waals surface area contributed by atoms with E-state index in [1.165, 1.54) is 33.8 Å². The first-order valence-electron chi connectivity index (χ1n) is 9.55. The lowest BCUT2D eigenvalue weighted by atomic mass is 9.87. The molecule has 0 spiro atoms. The van der Waals surface area contributed by atoms with Gasteiger partial charge in [0, 0.05) is 35.8 Å². The number of benzene rings is 2. The van der Waals surface area contributed by atoms with Gasteiger partial charge in [0.05, 0.1) is 5.54 Å². The largest absolute Gasteiger partial charge is 0.357 e. The number of aromatic nitrogens is 1. The van der Waals surface area contributed by atoms with Crippen LogP contribution in [-0.2, 0) is 23.3 Å². The molecule has 5 nitrogen and oxygen atoms in total. The topological polar surface area (TPSA) is 68.4 Å². The van der Waals surface area contributed by atoms with Crippen molar-refractivity contribution in [3.63, 3.8) is 0 Å². The molecule has 0 bridgehead atoms. The van der Waals surface area contributed by atoms with Crippen LogP contribution >= 0.6 is 0 Å². The Labute approximate surface area is 164 Å². The molecule has 0 saturated heterocycles. The van der Waals surface area contributed by atoms with Crippen molar-refractivity contribution >= 4 is 22.9 Å². The van der Waals surface area contributed by atoms with Gasteiger partial charge in [-0.1, -0.05) is 42.5 Å². The average Bonchev–Trinajstić information content (AvgIpc) is 3.09. The number of para-hydroxylation sites is 1. The lowest BCUT2D eigenvalue weighted by Gasteiger charge is -2.42. The summed E-state index contributed by atoms with van der Waals surface area (Å²) in [5.41, 5.74) is 7.64. The first kappa shape index (κ1) is 18.5. The number of hydroxylamine groups is 1. The van der Waals surface area contributed by atoms with Crippen molar-refractivity contribution in [3.05, 3.63) is 77.0 Å². The van der Waals surface area contributed by atoms with Gasteiger partial charge < -0.3 is 4.98 Å². The highest BCUT2D eigenvalue weighted by atomic mass is 16.5. The fraction of sp³-hybridized carbons (Fsp3) is 0.261. The summed E-state index contributed by atoms with van der Waals surface area (Å²) in [7, 11) is 0. The summed E-state index contributed by atoms with van der Waals surface area (Å²) in [5.74, 6) is -0.534. The van der Waals surface area contributed by atoms with Crippen molar-refractivity contribution in [2.75, 3.05) is 6.54 Å². The molecule has 1 amide bonds. The molecule has 0 atom stereocenters. The van der Waals surface area contributed by atoms with Crippen LogP contribution < -0.4 is 5.48 Å². The SMILES string of the molecule is CC1(C)c2[nH]c3ccccc3c2CCN1Cc1ccc(/C=C/C(=O)NO)cc1. The maximum atomic E-state index is 11.1. The fourth-order valence-electron chi connectivity index (χ4n) is 4.11. The van der Waals surface area contributed by atoms with Gasteiger partial charge in [-0.3, -0.25) is 14.9 Å². The second-order valence-corrected chi connectivity index (χ2v) is 7.81. The number of carbonyl (C=O) groups excluding carboxylic acids is 1. The minimum atomic E-state index is -0.534. The van der Waals surface area contributed by atoms with E-state index in [9.17, 15) is 4.79 Å². The summed E-state index contributed by atoms with van der Waals surface area (Å²) < 4.78 is 0. The first-order valence-corrected chi connectivity index (χ1v) is 9.55. The van der Waals surface area contributed by atoms with Gasteiger partial charge in [0.15, 0.2) is 0 Å². The molecule has 0 unspecified atom stereocenters. The van der Waals surface area contributed by atoms with Gasteiger partial charge in [-0.05, 0) is 49.1 Å². The molecule has 3 aromatic rings. The number of carbonyl (C=O) groups is 1. The lowest BCUT2D eigenvalue weighted by molar-refractivity contribution is -0.124. The molecule has 0 saturated carbocycles. The second kappa shape index (κ2) is 7.26. The number of fused-ring (bicyclic) bond motifs is 3. The Morgan fingerprint density at radius 1 is 1.21 bits per heavy atom. The Bertz CT molecular complexity index is 1030. The van der Waals surface area contributed by atoms with E-state index in [0.29, 0.717) is 0 Å². The van der Waals surface area contributed by atoms with Crippen LogP contribution in [0.25, 0.3) is 17.0 Å². The number of aromatic amines is 1. The zero-order valence-electron chi connectivity index (χ0n) is 16.2. The van der Waals surface area contributed by atoms with Crippen LogP contribution in [0.1, 0.15) is 36.2 Å². The summed E-state index contributed by atoms with van der Waals surface area (Å²) in [5, 5.41) is 9.89. The molecule has 4 rings (SSSR count). The Morgan fingerprint density at radius 3 is 2.71 bits per heavy atom. The molecule has 1 aliphatic rings. The van der Waals surface area contributed by atoms with Gasteiger partial charge in [0.1, 0.15) is 0 Å². The molecule has 2 heterocycles. The summed E-state index contributed by atoms with van der Waals surface area (Å²) in [6.45, 7) is 6.44. The van der Waals surface area contributed by atoms with Gasteiger partial charge in [-0.2, -0.15) is 0 Å². The molecule has 28 heavy (non-hydrogen) atoms. The standard InChI is InChI=1S/C23H25N3O2/c1-23(2)22-19(18-5-3-4-6-20(18)24-22)13-14-26(23)15-17-9-7-16(8-10-17)11-12-21(27)25-28/h3-12,24,28H,13-15H2,1-2H3,(H,25,27)/b12-11+. The molecular formula is C23H25N3O2. The number of nitrogens with zero attached hydrogens (tertiary/aromatic N) is 1. The van der Waals surface area contributed by atoms with Crippen LogP contribution in [0.4, 0.5) is 0 Å². The van der Waals surface area contributed by atoms with Gasteiger partial charge in [-0.25, -0.2) is 5.48 Å². The van der Waals surface area contributed by atoms with Crippen LogP contribution in [0.5, 0.6) is 0 Å². The highest BCUT2D eigenvalue weighted by molar-refractivity contribution is 5.90. The van der Waals surface area contributed by atoms with E-state index in [-0.39, 0.29) is 5.54 Å². The van der Waals surface area contributed by atoms with E-state index in [1.807, 2.05) is 12.1 Å². The van der Waals surface area contributed by atoms with E-state index in [1.54, 1.807) is 11.6 Å². The van der Waals surface area contributed by atoms with Crippen LogP contribution in [0.3, 0.4) is 0 Å². The number of hydrogen-bond acceptors (Lipinski definition) is 3. The van der Waals surface area contributed by atoms with Crippen LogP contribution in [0, 0.1) is 0 Å². The normalized spacial score (nSPS) is 16.4. The molecule has 0 fully saturated rings. The number of nitrogens with one attached hydrogen (secondary N) is 2. The fourth-order valence-corrected chi connectivity index (χ4v) is 4.11. The Kier molecular flexibility index (Phi) is 4.79. The number of rotatable bonds is 4. The highest BCUT2D eigenvalue weighted by Crippen LogP contribution is 2.39. The Hall–Kier alpha value is -2.89. The van der Waals surface area contributed by atoms with Crippen molar-refractivity contribution in [2.24, 2.45) is 0 Å². The summed E-state index contributed by atoms with van der Waals surface area (Å²) in [4.78, 5) is 17.3. The smallest absolute Gasteiger partial charge is 0.267 e. The maximum absolute atomic E-state index is 11.1. The lowest BCUT2D eigenvalue weighted by Crippen LogP contribution is -2.46. The minimum absolute atomic E-state index is 0.0790. The number of H-pyrrole nitrogens is 1. The highest BCUT2D eigenvalue weighted by Gasteiger charge is 2.36. The van der Waals surface area contributed by atoms with Crippen molar-refractivity contribution in [1.82, 2.24) is 15.4 Å². The molecule has 0 radical (unpaired) electrons. The van der Waals surface area contributed by atoms with Gasteiger partial charge in [-0.15, -0.1) is 0 Å². The molecule has 5 heteroatoms. The third-order valence-electron chi connectivity index (χ3n) is 5.74. The molecule has 3 N–H and O–H groups in total. The molecular weight excluding hydrogens is 350 g/mol. The number of hydrogen-bond donors (Lipinski definition) is 3. The third-order valence-corrected chi connectivity index (χ3v) is 5.74. The van der Waals surface area contributed by atoms with Crippen LogP contribution in [-0.4, -0.2) is 27.5 Å². The second-order valence-electron chi connectivity index (χ2n) is 7.81. The van der Waals surface area contributed by atoms with Crippen molar-refractivity contribution in [1.29, 1.82) is 0 Å². The van der Waals surface area contributed by atoms with Crippen molar-refractivity contribution in [2.45, 2.75) is 32.4 Å². The Balaban J connectivity index is 1.54. The molecule has 0 aliphatic carbocycles. The molecule has 2 aromatic carbocycles. The van der Waals surface area contributed by atoms with E-state index >= 15 is 0 Å². The monoisotopic (exact) mass is 375 g/mol. The summed E-state index contributed by atoms with van der Waals surface area (Å²) >= 11 is 0. The zero-order valence-corrected chi connectivity index (χ0v) is 16.2. The van der Waals surface area contributed by atoms with Gasteiger partial charge in [0.2, 0.25) is 0 Å². The average molecular weight is 375 g/mol. The first-order chi connectivity index (χ1) is 13.5. The van der Waals surface area contributed by atoms with Crippen molar-refractivity contribution in [3.8, 4) is 0 Å². The van der Waals surface area contributed by atoms with E-state index < -0.39 is 5.91 Å². The van der Waals surface area contributed by atoms with Gasteiger partial charge >= 0.3 is 0 Å². The Morgan fingerprint density at radius 2 is 1.96 bits per heavy atom. The third kappa shape index (κ3) is 3.35. The zero-order chi connectivity index (χ0) is 19.7. The maximum Gasteiger partial charge on any atom is 0.267 e. The van der Waals surface area contributed by atoms with Crippen LogP contribution in [0.2, 0.25) is 0 Å². The summed E-state index contributed by atoms with van der Waals surface area (Å²) in [6, 6.07) is 16.7. The van der Waals surface area contributed by atoms with Gasteiger partial charge in [0.25, 0.3) is 5.91 Å². The van der Waals surface area contributed by atoms with E-state index in [2.05, 4.69) is 60.1 Å². The summed E-state index contributed by atoms with van der Waals surface area (Å²) in [6.07, 6.45) is 4.02.